The Morgan fingerprint density at radius 1 is 0.673 bits per heavy atom. The van der Waals surface area contributed by atoms with Crippen LogP contribution in [0.2, 0.25) is 0 Å². The number of hydrogen-bond donors (Lipinski definition) is 3. The molecule has 0 aromatic carbocycles. The van der Waals surface area contributed by atoms with Gasteiger partial charge in [-0.25, -0.2) is 4.57 Å². The minimum Gasteiger partial charge on any atom is -0.462 e. The molecule has 0 radical (unpaired) electrons. The summed E-state index contributed by atoms with van der Waals surface area (Å²) in [6, 6.07) is 0. The largest absolute Gasteiger partial charge is 0.472 e. The number of hydrogen-bond acceptors (Lipinski definition) is 10. The quantitative estimate of drug-likeness (QED) is 0.0181. The Balaban J connectivity index is 2.26. The van der Waals surface area contributed by atoms with Gasteiger partial charge in [-0.1, -0.05) is 142 Å². The van der Waals surface area contributed by atoms with Crippen LogP contribution in [0.1, 0.15) is 181 Å². The van der Waals surface area contributed by atoms with Crippen LogP contribution in [0.15, 0.2) is 12.2 Å². The molecule has 1 aliphatic rings. The number of rotatable bonds is 38. The molecule has 306 valence electrons. The van der Waals surface area contributed by atoms with E-state index in [1.807, 2.05) is 0 Å². The summed E-state index contributed by atoms with van der Waals surface area (Å²) >= 11 is 0. The number of unbranched alkanes of at least 4 members (excludes halogenated alkanes) is 19. The van der Waals surface area contributed by atoms with Gasteiger partial charge in [0.25, 0.3) is 0 Å². The molecule has 52 heavy (non-hydrogen) atoms. The van der Waals surface area contributed by atoms with E-state index in [4.69, 9.17) is 23.8 Å². The van der Waals surface area contributed by atoms with Crippen molar-refractivity contribution in [2.24, 2.45) is 0 Å². The van der Waals surface area contributed by atoms with Crippen LogP contribution < -0.4 is 0 Å². The zero-order valence-electron chi connectivity index (χ0n) is 32.7. The molecule has 0 aliphatic carbocycles. The number of epoxide rings is 1. The Kier molecular flexibility index (Phi) is 30.9. The van der Waals surface area contributed by atoms with Crippen LogP contribution in [-0.4, -0.2) is 77.9 Å². The molecule has 0 spiro atoms. The average molecular weight is 763 g/mol. The van der Waals surface area contributed by atoms with E-state index in [2.05, 4.69) is 30.5 Å². The summed E-state index contributed by atoms with van der Waals surface area (Å²) in [5.41, 5.74) is 0. The Labute approximate surface area is 315 Å². The molecular weight excluding hydrogens is 687 g/mol. The molecule has 1 heterocycles. The van der Waals surface area contributed by atoms with Crippen molar-refractivity contribution >= 4 is 19.8 Å². The number of allylic oxidation sites excluding steroid dienone is 1. The summed E-state index contributed by atoms with van der Waals surface area (Å²) < 4.78 is 38.4. The highest BCUT2D eigenvalue weighted by molar-refractivity contribution is 7.47. The lowest BCUT2D eigenvalue weighted by Gasteiger charge is -2.20. The van der Waals surface area contributed by atoms with Gasteiger partial charge in [-0.15, -0.1) is 0 Å². The SMILES string of the molecule is CCCCCCCCCCCCCCCC(=O)OC[C@H](COP(=O)(O)OC[C@@H](O)CO)OC(=O)CCCCCCC/C=C\CC1OC1CCCCC. The fourth-order valence-corrected chi connectivity index (χ4v) is 6.79. The number of phosphoric ester groups is 1. The van der Waals surface area contributed by atoms with Gasteiger partial charge in [-0.2, -0.15) is 0 Å². The number of aliphatic hydroxyl groups excluding tert-OH is 2. The summed E-state index contributed by atoms with van der Waals surface area (Å²) in [5, 5.41) is 18.3. The summed E-state index contributed by atoms with van der Waals surface area (Å²) in [6.07, 6.45) is 30.6. The number of ether oxygens (including phenoxy) is 3. The standard InChI is InChI=1S/C40H75O11P/c1-3-5-7-8-9-10-11-12-13-14-18-21-25-29-39(43)47-33-36(34-49-52(45,46)48-32-35(42)31-41)50-40(44)30-26-22-19-16-15-17-20-24-28-38-37(51-38)27-23-6-4-2/h20,24,35-38,41-42H,3-19,21-23,25-34H2,1-2H3,(H,45,46)/b24-20-/t35-,36+,37?,38?/m0/s1. The normalized spacial score (nSPS) is 17.9. The molecule has 0 bridgehead atoms. The molecule has 1 rings (SSSR count). The van der Waals surface area contributed by atoms with Gasteiger partial charge in [0.05, 0.1) is 32.0 Å². The van der Waals surface area contributed by atoms with Crippen LogP contribution in [0.3, 0.4) is 0 Å². The molecule has 11 nitrogen and oxygen atoms in total. The van der Waals surface area contributed by atoms with Crippen LogP contribution >= 0.6 is 7.82 Å². The van der Waals surface area contributed by atoms with E-state index in [-0.39, 0.29) is 19.4 Å². The number of esters is 2. The fraction of sp³-hybridized carbons (Fsp3) is 0.900. The number of carbonyl (C=O) groups excluding carboxylic acids is 2. The van der Waals surface area contributed by atoms with Gasteiger partial charge < -0.3 is 29.3 Å². The summed E-state index contributed by atoms with van der Waals surface area (Å²) in [6.45, 7) is 2.33. The second-order valence-corrected chi connectivity index (χ2v) is 15.9. The fourth-order valence-electron chi connectivity index (χ4n) is 6.00. The smallest absolute Gasteiger partial charge is 0.462 e. The minimum absolute atomic E-state index is 0.167. The van der Waals surface area contributed by atoms with Crippen molar-refractivity contribution in [2.75, 3.05) is 26.4 Å². The van der Waals surface area contributed by atoms with Crippen molar-refractivity contribution < 1.29 is 52.5 Å². The molecule has 0 aromatic heterocycles. The summed E-state index contributed by atoms with van der Waals surface area (Å²) in [4.78, 5) is 34.9. The van der Waals surface area contributed by atoms with Gasteiger partial charge in [0, 0.05) is 12.8 Å². The van der Waals surface area contributed by atoms with E-state index in [9.17, 15) is 24.2 Å². The molecule has 5 atom stereocenters. The van der Waals surface area contributed by atoms with Crippen molar-refractivity contribution in [3.63, 3.8) is 0 Å². The first kappa shape index (κ1) is 48.7. The summed E-state index contributed by atoms with van der Waals surface area (Å²) in [7, 11) is -4.62. The number of aliphatic hydroxyl groups is 2. The lowest BCUT2D eigenvalue weighted by Crippen LogP contribution is -2.29. The van der Waals surface area contributed by atoms with Gasteiger partial charge in [-0.05, 0) is 38.5 Å². The van der Waals surface area contributed by atoms with Crippen molar-refractivity contribution in [3.05, 3.63) is 12.2 Å². The second-order valence-electron chi connectivity index (χ2n) is 14.4. The molecule has 0 amide bonds. The first-order valence-electron chi connectivity index (χ1n) is 20.8. The number of phosphoric acid groups is 1. The Morgan fingerprint density at radius 2 is 1.19 bits per heavy atom. The lowest BCUT2D eigenvalue weighted by atomic mass is 10.0. The van der Waals surface area contributed by atoms with E-state index < -0.39 is 51.8 Å². The third-order valence-corrected chi connectivity index (χ3v) is 10.3. The van der Waals surface area contributed by atoms with Crippen LogP contribution in [0.4, 0.5) is 0 Å². The lowest BCUT2D eigenvalue weighted by molar-refractivity contribution is -0.161. The Hall–Kier alpha value is -1.33. The van der Waals surface area contributed by atoms with Crippen LogP contribution in [-0.2, 0) is 37.4 Å². The van der Waals surface area contributed by atoms with Crippen LogP contribution in [0.5, 0.6) is 0 Å². The maximum atomic E-state index is 12.6. The zero-order chi connectivity index (χ0) is 38.1. The number of carbonyl (C=O) groups is 2. The second kappa shape index (κ2) is 33.0. The minimum atomic E-state index is -4.62. The first-order chi connectivity index (χ1) is 25.2. The van der Waals surface area contributed by atoms with E-state index in [0.29, 0.717) is 25.0 Å². The first-order valence-corrected chi connectivity index (χ1v) is 22.3. The Bertz CT molecular complexity index is 946. The Morgan fingerprint density at radius 3 is 1.79 bits per heavy atom. The average Bonchev–Trinajstić information content (AvgIpc) is 3.88. The van der Waals surface area contributed by atoms with Crippen LogP contribution in [0, 0.1) is 0 Å². The summed E-state index contributed by atoms with van der Waals surface area (Å²) in [5.74, 6) is -0.940. The van der Waals surface area contributed by atoms with E-state index >= 15 is 0 Å². The molecule has 0 aromatic rings. The highest BCUT2D eigenvalue weighted by Crippen LogP contribution is 2.43. The van der Waals surface area contributed by atoms with Crippen LogP contribution in [0.25, 0.3) is 0 Å². The third kappa shape index (κ3) is 30.0. The van der Waals surface area contributed by atoms with E-state index in [0.717, 1.165) is 57.8 Å². The van der Waals surface area contributed by atoms with E-state index in [1.54, 1.807) is 0 Å². The molecule has 0 saturated carbocycles. The topological polar surface area (TPSA) is 161 Å². The van der Waals surface area contributed by atoms with Gasteiger partial charge in [-0.3, -0.25) is 18.6 Å². The van der Waals surface area contributed by atoms with Crippen molar-refractivity contribution in [3.8, 4) is 0 Å². The van der Waals surface area contributed by atoms with E-state index in [1.165, 1.54) is 83.5 Å². The molecule has 12 heteroatoms. The van der Waals surface area contributed by atoms with Gasteiger partial charge >= 0.3 is 19.8 Å². The van der Waals surface area contributed by atoms with Crippen molar-refractivity contribution in [1.82, 2.24) is 0 Å². The molecule has 1 aliphatic heterocycles. The van der Waals surface area contributed by atoms with Gasteiger partial charge in [0.1, 0.15) is 12.7 Å². The predicted molar refractivity (Wildman–Crippen MR) is 205 cm³/mol. The van der Waals surface area contributed by atoms with Gasteiger partial charge in [0.15, 0.2) is 6.10 Å². The van der Waals surface area contributed by atoms with Crippen molar-refractivity contribution in [1.29, 1.82) is 0 Å². The molecular formula is C40H75O11P. The van der Waals surface area contributed by atoms with Gasteiger partial charge in [0.2, 0.25) is 0 Å². The molecule has 1 saturated heterocycles. The van der Waals surface area contributed by atoms with Crippen molar-refractivity contribution in [2.45, 2.75) is 205 Å². The third-order valence-electron chi connectivity index (χ3n) is 9.34. The highest BCUT2D eigenvalue weighted by atomic mass is 31.2. The maximum absolute atomic E-state index is 12.6. The predicted octanol–water partition coefficient (Wildman–Crippen LogP) is 9.43. The highest BCUT2D eigenvalue weighted by Gasteiger charge is 2.36. The monoisotopic (exact) mass is 763 g/mol. The maximum Gasteiger partial charge on any atom is 0.472 e. The molecule has 3 unspecified atom stereocenters. The zero-order valence-corrected chi connectivity index (χ0v) is 33.6. The molecule has 1 fully saturated rings. The molecule has 3 N–H and O–H groups in total.